The summed E-state index contributed by atoms with van der Waals surface area (Å²) in [6, 6.07) is 10.7. The number of hydrogen-bond acceptors (Lipinski definition) is 4. The molecule has 3 aromatic rings. The van der Waals surface area contributed by atoms with E-state index < -0.39 is 5.97 Å². The Labute approximate surface area is 180 Å². The molecule has 0 aliphatic carbocycles. The second-order valence-electron chi connectivity index (χ2n) is 6.38. The van der Waals surface area contributed by atoms with Gasteiger partial charge in [0.2, 0.25) is 0 Å². The summed E-state index contributed by atoms with van der Waals surface area (Å²) in [5.74, 6) is 0.995. The van der Waals surface area contributed by atoms with Crippen molar-refractivity contribution in [2.75, 3.05) is 16.8 Å². The summed E-state index contributed by atoms with van der Waals surface area (Å²) in [7, 11) is 0. The maximum absolute atomic E-state index is 11.7. The highest BCUT2D eigenvalue weighted by Crippen LogP contribution is 2.38. The van der Waals surface area contributed by atoms with Gasteiger partial charge in [0.25, 0.3) is 0 Å². The quantitative estimate of drug-likeness (QED) is 0.444. The number of carboxylic acid groups (broad SMARTS) is 1. The predicted molar refractivity (Wildman–Crippen MR) is 121 cm³/mol. The molecule has 0 atom stereocenters. The van der Waals surface area contributed by atoms with Crippen LogP contribution < -0.4 is 5.32 Å². The molecule has 28 heavy (non-hydrogen) atoms. The molecule has 0 fully saturated rings. The van der Waals surface area contributed by atoms with E-state index in [0.29, 0.717) is 10.7 Å². The molecule has 1 aromatic heterocycles. The van der Waals surface area contributed by atoms with Gasteiger partial charge in [0, 0.05) is 32.4 Å². The van der Waals surface area contributed by atoms with E-state index in [2.05, 4.69) is 32.3 Å². The van der Waals surface area contributed by atoms with Crippen LogP contribution in [0.2, 0.25) is 5.02 Å². The summed E-state index contributed by atoms with van der Waals surface area (Å²) < 4.78 is 0.935. The molecule has 0 spiro atoms. The Kier molecular flexibility index (Phi) is 5.62. The normalized spacial score (nSPS) is 14.0. The first-order valence-electron chi connectivity index (χ1n) is 8.68. The molecule has 2 aromatic carbocycles. The second kappa shape index (κ2) is 8.15. The number of aromatic carboxylic acids is 1. The Balaban J connectivity index is 1.92. The van der Waals surface area contributed by atoms with Crippen molar-refractivity contribution in [3.63, 3.8) is 0 Å². The van der Waals surface area contributed by atoms with Gasteiger partial charge in [0.1, 0.15) is 0 Å². The minimum Gasteiger partial charge on any atom is -0.478 e. The molecule has 0 radical (unpaired) electrons. The standard InChI is InChI=1S/C21H16BrClN2O2S/c22-13-1-3-18-15(9-13)20(17(11-24-18)12-5-7-28-8-6-12)25-19-4-2-14(23)10-16(19)21(26)27/h1-5,9-11H,6-8H2,(H,24,25)(H,26,27). The van der Waals surface area contributed by atoms with Crippen molar-refractivity contribution in [2.24, 2.45) is 0 Å². The lowest BCUT2D eigenvalue weighted by atomic mass is 9.99. The number of carboxylic acids is 1. The van der Waals surface area contributed by atoms with Crippen LogP contribution in [0.25, 0.3) is 16.5 Å². The first kappa shape index (κ1) is 19.3. The fourth-order valence-electron chi connectivity index (χ4n) is 3.25. The number of halogens is 2. The Morgan fingerprint density at radius 2 is 2.11 bits per heavy atom. The third-order valence-corrected chi connectivity index (χ3v) is 6.23. The maximum Gasteiger partial charge on any atom is 0.337 e. The molecule has 0 saturated carbocycles. The lowest BCUT2D eigenvalue weighted by Gasteiger charge is -2.20. The molecule has 1 aliphatic rings. The number of benzene rings is 2. The van der Waals surface area contributed by atoms with E-state index in [1.807, 2.05) is 36.2 Å². The van der Waals surface area contributed by atoms with E-state index in [1.54, 1.807) is 12.1 Å². The van der Waals surface area contributed by atoms with Crippen molar-refractivity contribution >= 4 is 73.1 Å². The van der Waals surface area contributed by atoms with Crippen molar-refractivity contribution < 1.29 is 9.90 Å². The Hall–Kier alpha value is -2.02. The third kappa shape index (κ3) is 3.90. The lowest BCUT2D eigenvalue weighted by Crippen LogP contribution is -2.06. The molecule has 4 nitrogen and oxygen atoms in total. The number of nitrogens with one attached hydrogen (secondary N) is 1. The van der Waals surface area contributed by atoms with Crippen molar-refractivity contribution in [1.82, 2.24) is 4.98 Å². The van der Waals surface area contributed by atoms with Gasteiger partial charge in [-0.15, -0.1) is 0 Å². The number of rotatable bonds is 4. The molecule has 4 rings (SSSR count). The van der Waals surface area contributed by atoms with Gasteiger partial charge in [-0.05, 0) is 54.1 Å². The van der Waals surface area contributed by atoms with E-state index >= 15 is 0 Å². The highest BCUT2D eigenvalue weighted by Gasteiger charge is 2.18. The van der Waals surface area contributed by atoms with E-state index in [9.17, 15) is 9.90 Å². The summed E-state index contributed by atoms with van der Waals surface area (Å²) in [5.41, 5.74) is 4.54. The molecule has 0 bridgehead atoms. The fourth-order valence-corrected chi connectivity index (χ4v) is 4.63. The third-order valence-electron chi connectivity index (χ3n) is 4.61. The summed E-state index contributed by atoms with van der Waals surface area (Å²) in [6.07, 6.45) is 5.05. The van der Waals surface area contributed by atoms with Crippen LogP contribution in [0, 0.1) is 0 Å². The summed E-state index contributed by atoms with van der Waals surface area (Å²) >= 11 is 11.4. The highest BCUT2D eigenvalue weighted by atomic mass is 79.9. The van der Waals surface area contributed by atoms with E-state index in [1.165, 1.54) is 11.6 Å². The van der Waals surface area contributed by atoms with Gasteiger partial charge in [-0.1, -0.05) is 33.6 Å². The number of nitrogens with zero attached hydrogens (tertiary/aromatic N) is 1. The first-order chi connectivity index (χ1) is 13.5. The van der Waals surface area contributed by atoms with Crippen molar-refractivity contribution in [1.29, 1.82) is 0 Å². The van der Waals surface area contributed by atoms with Gasteiger partial charge in [0.05, 0.1) is 22.5 Å². The molecule has 0 amide bonds. The van der Waals surface area contributed by atoms with E-state index in [-0.39, 0.29) is 5.56 Å². The van der Waals surface area contributed by atoms with Crippen LogP contribution in [0.3, 0.4) is 0 Å². The fraction of sp³-hybridized carbons (Fsp3) is 0.143. The van der Waals surface area contributed by atoms with Gasteiger partial charge < -0.3 is 10.4 Å². The Bertz CT molecular complexity index is 1120. The zero-order chi connectivity index (χ0) is 19.7. The van der Waals surface area contributed by atoms with Crippen LogP contribution in [0.4, 0.5) is 11.4 Å². The number of fused-ring (bicyclic) bond motifs is 1. The first-order valence-corrected chi connectivity index (χ1v) is 11.0. The molecule has 2 heterocycles. The van der Waals surface area contributed by atoms with Gasteiger partial charge >= 0.3 is 5.97 Å². The van der Waals surface area contributed by atoms with Crippen LogP contribution in [0.5, 0.6) is 0 Å². The summed E-state index contributed by atoms with van der Waals surface area (Å²) in [5, 5.41) is 14.3. The van der Waals surface area contributed by atoms with Crippen LogP contribution in [0.1, 0.15) is 22.3 Å². The molecule has 7 heteroatoms. The smallest absolute Gasteiger partial charge is 0.337 e. The number of aromatic nitrogens is 1. The van der Waals surface area contributed by atoms with Gasteiger partial charge in [0.15, 0.2) is 0 Å². The molecule has 0 saturated heterocycles. The second-order valence-corrected chi connectivity index (χ2v) is 8.88. The minimum atomic E-state index is -1.03. The van der Waals surface area contributed by atoms with Crippen molar-refractivity contribution in [2.45, 2.75) is 6.42 Å². The average Bonchev–Trinajstić information content (AvgIpc) is 2.70. The van der Waals surface area contributed by atoms with Crippen LogP contribution in [-0.4, -0.2) is 27.6 Å². The lowest BCUT2D eigenvalue weighted by molar-refractivity contribution is 0.0698. The molecule has 2 N–H and O–H groups in total. The Morgan fingerprint density at radius 1 is 1.25 bits per heavy atom. The SMILES string of the molecule is O=C(O)c1cc(Cl)ccc1Nc1c(C2=CCSCC2)cnc2ccc(Br)cc12. The van der Waals surface area contributed by atoms with E-state index in [0.717, 1.165) is 44.6 Å². The molecule has 142 valence electrons. The monoisotopic (exact) mass is 474 g/mol. The van der Waals surface area contributed by atoms with Crippen molar-refractivity contribution in [3.8, 4) is 0 Å². The number of hydrogen-bond donors (Lipinski definition) is 2. The summed E-state index contributed by atoms with van der Waals surface area (Å²) in [4.78, 5) is 16.4. The average molecular weight is 476 g/mol. The van der Waals surface area contributed by atoms with Crippen LogP contribution in [-0.2, 0) is 0 Å². The number of anilines is 2. The van der Waals surface area contributed by atoms with Gasteiger partial charge in [-0.25, -0.2) is 4.79 Å². The molecule has 0 unspecified atom stereocenters. The maximum atomic E-state index is 11.7. The number of allylic oxidation sites excluding steroid dienone is 1. The van der Waals surface area contributed by atoms with Crippen LogP contribution >= 0.6 is 39.3 Å². The number of carbonyl (C=O) groups is 1. The largest absolute Gasteiger partial charge is 0.478 e. The highest BCUT2D eigenvalue weighted by molar-refractivity contribution is 9.10. The minimum absolute atomic E-state index is 0.131. The van der Waals surface area contributed by atoms with Gasteiger partial charge in [-0.3, -0.25) is 4.98 Å². The Morgan fingerprint density at radius 3 is 2.86 bits per heavy atom. The van der Waals surface area contributed by atoms with Gasteiger partial charge in [-0.2, -0.15) is 11.8 Å². The summed E-state index contributed by atoms with van der Waals surface area (Å²) in [6.45, 7) is 0. The molecular formula is C21H16BrClN2O2S. The molecular weight excluding hydrogens is 460 g/mol. The van der Waals surface area contributed by atoms with E-state index in [4.69, 9.17) is 11.6 Å². The zero-order valence-electron chi connectivity index (χ0n) is 14.7. The zero-order valence-corrected chi connectivity index (χ0v) is 17.9. The molecule has 1 aliphatic heterocycles. The van der Waals surface area contributed by atoms with Crippen molar-refractivity contribution in [3.05, 3.63) is 69.3 Å². The topological polar surface area (TPSA) is 62.2 Å². The van der Waals surface area contributed by atoms with Crippen LogP contribution in [0.15, 0.2) is 53.1 Å². The number of thioether (sulfide) groups is 1. The number of pyridine rings is 1. The predicted octanol–water partition coefficient (Wildman–Crippen LogP) is 6.61.